The van der Waals surface area contributed by atoms with Crippen LogP contribution in [-0.4, -0.2) is 69.7 Å². The first-order chi connectivity index (χ1) is 17.7. The van der Waals surface area contributed by atoms with Gasteiger partial charge in [-0.3, -0.25) is 13.9 Å². The van der Waals surface area contributed by atoms with Crippen molar-refractivity contribution in [3.8, 4) is 11.6 Å². The maximum absolute atomic E-state index is 13.6. The number of rotatable bonds is 10. The van der Waals surface area contributed by atoms with Crippen molar-refractivity contribution in [1.82, 2.24) is 24.6 Å². The Morgan fingerprint density at radius 2 is 2.03 bits per heavy atom. The Hall–Kier alpha value is -3.29. The van der Waals surface area contributed by atoms with Crippen molar-refractivity contribution < 1.29 is 37.7 Å². The molecule has 0 bridgehead atoms. The second-order valence-corrected chi connectivity index (χ2v) is 10.1. The number of nitrogens with two attached hydrogens (primary N) is 1. The molecular formula is C22H29N6O8P. The van der Waals surface area contributed by atoms with Crippen molar-refractivity contribution in [1.29, 1.82) is 0 Å². The maximum Gasteiger partial charge on any atom is 0.459 e. The fourth-order valence-corrected chi connectivity index (χ4v) is 5.43. The molecule has 0 saturated carbocycles. The van der Waals surface area contributed by atoms with E-state index in [-0.39, 0.29) is 24.2 Å². The lowest BCUT2D eigenvalue weighted by molar-refractivity contribution is -0.142. The number of esters is 1. The second kappa shape index (κ2) is 11.0. The molecule has 4 N–H and O–H groups in total. The average Bonchev–Trinajstić information content (AvgIpc) is 3.42. The number of aliphatic hydroxyl groups excluding tert-OH is 1. The van der Waals surface area contributed by atoms with Crippen LogP contribution in [0.25, 0.3) is 11.2 Å². The second-order valence-electron chi connectivity index (χ2n) is 8.40. The number of carbonyl (C=O) groups excluding carboxylic acids is 1. The summed E-state index contributed by atoms with van der Waals surface area (Å²) in [7, 11) is -1.46. The molecule has 1 unspecified atom stereocenters. The van der Waals surface area contributed by atoms with E-state index < -0.39 is 44.1 Å². The lowest BCUT2D eigenvalue weighted by atomic mass is 10.0. The number of hydrogen-bond donors (Lipinski definition) is 3. The number of aromatic nitrogens is 4. The molecule has 2 aromatic heterocycles. The monoisotopic (exact) mass is 536 g/mol. The van der Waals surface area contributed by atoms with Gasteiger partial charge in [0.1, 0.15) is 24.1 Å². The molecule has 3 heterocycles. The number of fused-ring (bicyclic) bond motifs is 1. The summed E-state index contributed by atoms with van der Waals surface area (Å²) in [5.41, 5.74) is 6.55. The molecule has 1 aliphatic rings. The van der Waals surface area contributed by atoms with Crippen LogP contribution >= 0.6 is 7.75 Å². The third kappa shape index (κ3) is 5.68. The van der Waals surface area contributed by atoms with Crippen LogP contribution in [0.5, 0.6) is 11.6 Å². The fourth-order valence-electron chi connectivity index (χ4n) is 3.93. The van der Waals surface area contributed by atoms with Gasteiger partial charge >= 0.3 is 13.7 Å². The molecule has 1 fully saturated rings. The summed E-state index contributed by atoms with van der Waals surface area (Å²) in [6.07, 6.45) is -1.13. The van der Waals surface area contributed by atoms with Gasteiger partial charge in [-0.15, -0.1) is 0 Å². The minimum absolute atomic E-state index is 0.0121. The zero-order valence-corrected chi connectivity index (χ0v) is 21.6. The number of nitrogen functional groups attached to an aromatic ring is 1. The standard InChI is InChI=1S/C22H29N6O8P/c1-12-17(29)15(35-20(12)28-11-24-16-18(28)25-22(23)26-19(16)32-3)10-34-37(31,27-13(2)21(30)33-4)36-14-8-6-5-7-9-14/h5-9,11-13,15,17,20,29H,10H2,1-4H3,(H,27,31)(H2,23,25,26)/t12-,13-,15+,17-,20+,37?/m0/s1. The first-order valence-electron chi connectivity index (χ1n) is 11.4. The number of imidazole rings is 1. The van der Waals surface area contributed by atoms with E-state index in [1.54, 1.807) is 41.8 Å². The molecule has 1 saturated heterocycles. The molecule has 1 aromatic carbocycles. The zero-order chi connectivity index (χ0) is 26.7. The Morgan fingerprint density at radius 3 is 2.70 bits per heavy atom. The first-order valence-corrected chi connectivity index (χ1v) is 12.9. The highest BCUT2D eigenvalue weighted by molar-refractivity contribution is 7.52. The van der Waals surface area contributed by atoms with Crippen LogP contribution in [0.1, 0.15) is 20.1 Å². The Bertz CT molecular complexity index is 1290. The molecule has 0 spiro atoms. The number of ether oxygens (including phenoxy) is 3. The average molecular weight is 536 g/mol. The highest BCUT2D eigenvalue weighted by Gasteiger charge is 2.44. The van der Waals surface area contributed by atoms with Crippen molar-refractivity contribution in [2.75, 3.05) is 26.6 Å². The van der Waals surface area contributed by atoms with Crippen molar-refractivity contribution in [3.05, 3.63) is 36.7 Å². The van der Waals surface area contributed by atoms with Gasteiger partial charge in [0.15, 0.2) is 11.2 Å². The molecule has 0 aliphatic carbocycles. The van der Waals surface area contributed by atoms with Crippen LogP contribution < -0.4 is 20.1 Å². The summed E-state index contributed by atoms with van der Waals surface area (Å²) in [5, 5.41) is 13.5. The summed E-state index contributed by atoms with van der Waals surface area (Å²) >= 11 is 0. The number of hydrogen-bond acceptors (Lipinski definition) is 12. The Labute approximate surface area is 212 Å². The summed E-state index contributed by atoms with van der Waals surface area (Å²) in [6.45, 7) is 2.92. The number of para-hydroxylation sites is 1. The number of carbonyl (C=O) groups is 1. The van der Waals surface area contributed by atoms with E-state index in [1.165, 1.54) is 27.5 Å². The predicted molar refractivity (Wildman–Crippen MR) is 131 cm³/mol. The van der Waals surface area contributed by atoms with Gasteiger partial charge < -0.3 is 29.6 Å². The zero-order valence-electron chi connectivity index (χ0n) is 20.7. The Balaban J connectivity index is 1.53. The van der Waals surface area contributed by atoms with E-state index >= 15 is 0 Å². The molecule has 37 heavy (non-hydrogen) atoms. The van der Waals surface area contributed by atoms with Crippen molar-refractivity contribution in [2.45, 2.75) is 38.3 Å². The van der Waals surface area contributed by atoms with Crippen LogP contribution in [0.15, 0.2) is 36.7 Å². The predicted octanol–water partition coefficient (Wildman–Crippen LogP) is 1.67. The van der Waals surface area contributed by atoms with Gasteiger partial charge in [-0.2, -0.15) is 15.1 Å². The van der Waals surface area contributed by atoms with Gasteiger partial charge in [0.05, 0.1) is 33.3 Å². The van der Waals surface area contributed by atoms with Crippen LogP contribution in [0.4, 0.5) is 5.95 Å². The third-order valence-corrected chi connectivity index (χ3v) is 7.49. The largest absolute Gasteiger partial charge is 0.479 e. The summed E-state index contributed by atoms with van der Waals surface area (Å²) in [6, 6.07) is 7.33. The number of nitrogens with zero attached hydrogens (tertiary/aromatic N) is 4. The van der Waals surface area contributed by atoms with Crippen molar-refractivity contribution in [2.24, 2.45) is 5.92 Å². The highest BCUT2D eigenvalue weighted by atomic mass is 31.2. The molecule has 15 heteroatoms. The normalized spacial score (nSPS) is 23.9. The van der Waals surface area contributed by atoms with Gasteiger partial charge in [-0.05, 0) is 19.1 Å². The van der Waals surface area contributed by atoms with E-state index in [0.29, 0.717) is 11.2 Å². The number of benzene rings is 1. The highest BCUT2D eigenvalue weighted by Crippen LogP contribution is 2.46. The lowest BCUT2D eigenvalue weighted by Gasteiger charge is -2.24. The minimum atomic E-state index is -4.11. The van der Waals surface area contributed by atoms with E-state index in [0.717, 1.165) is 0 Å². The molecule has 1 aliphatic heterocycles. The molecule has 0 radical (unpaired) electrons. The van der Waals surface area contributed by atoms with Crippen molar-refractivity contribution in [3.63, 3.8) is 0 Å². The van der Waals surface area contributed by atoms with Gasteiger partial charge in [0, 0.05) is 5.92 Å². The topological polar surface area (TPSA) is 182 Å². The molecule has 0 amide bonds. The lowest BCUT2D eigenvalue weighted by Crippen LogP contribution is -2.36. The molecule has 4 rings (SSSR count). The van der Waals surface area contributed by atoms with E-state index in [1.807, 2.05) is 0 Å². The SMILES string of the molecule is COC(=O)[C@H](C)NP(=O)(OC[C@H]1O[C@@H](n2cnc3c(OC)nc(N)nc32)[C@@H](C)[C@@H]1O)Oc1ccccc1. The summed E-state index contributed by atoms with van der Waals surface area (Å²) < 4.78 is 42.5. The van der Waals surface area contributed by atoms with Crippen LogP contribution in [0, 0.1) is 5.92 Å². The van der Waals surface area contributed by atoms with E-state index in [2.05, 4.69) is 20.0 Å². The molecule has 3 aromatic rings. The first kappa shape index (κ1) is 26.8. The quantitative estimate of drug-likeness (QED) is 0.251. The van der Waals surface area contributed by atoms with Crippen molar-refractivity contribution >= 4 is 30.8 Å². The van der Waals surface area contributed by atoms with E-state index in [9.17, 15) is 14.5 Å². The van der Waals surface area contributed by atoms with Crippen LogP contribution in [0.3, 0.4) is 0 Å². The smallest absolute Gasteiger partial charge is 0.459 e. The minimum Gasteiger partial charge on any atom is -0.479 e. The van der Waals surface area contributed by atoms with Gasteiger partial charge in [-0.1, -0.05) is 25.1 Å². The third-order valence-electron chi connectivity index (χ3n) is 5.84. The summed E-state index contributed by atoms with van der Waals surface area (Å²) in [5.74, 6) is -0.649. The maximum atomic E-state index is 13.6. The Kier molecular flexibility index (Phi) is 7.95. The molecule has 6 atom stereocenters. The molecule has 200 valence electrons. The van der Waals surface area contributed by atoms with Gasteiger partial charge in [0.2, 0.25) is 11.8 Å². The van der Waals surface area contributed by atoms with Crippen LogP contribution in [-0.2, 0) is 23.4 Å². The van der Waals surface area contributed by atoms with E-state index in [4.69, 9.17) is 29.0 Å². The van der Waals surface area contributed by atoms with Gasteiger partial charge in [-0.25, -0.2) is 9.55 Å². The number of aliphatic hydroxyl groups is 1. The fraction of sp³-hybridized carbons (Fsp3) is 0.455. The van der Waals surface area contributed by atoms with Crippen LogP contribution in [0.2, 0.25) is 0 Å². The molecular weight excluding hydrogens is 507 g/mol. The molecule has 14 nitrogen and oxygen atoms in total. The number of methoxy groups -OCH3 is 2. The Morgan fingerprint density at radius 1 is 1.30 bits per heavy atom. The number of nitrogens with one attached hydrogen (secondary N) is 1. The van der Waals surface area contributed by atoms with Gasteiger partial charge in [0.25, 0.3) is 0 Å². The summed E-state index contributed by atoms with van der Waals surface area (Å²) in [4.78, 5) is 24.5. The number of anilines is 1.